The second kappa shape index (κ2) is 10.1. The molecule has 36 heavy (non-hydrogen) atoms. The van der Waals surface area contributed by atoms with Crippen LogP contribution in [-0.4, -0.2) is 50.4 Å². The topological polar surface area (TPSA) is 75.4 Å². The zero-order chi connectivity index (χ0) is 25.2. The Hall–Kier alpha value is -3.68. The molecule has 1 fully saturated rings. The van der Waals surface area contributed by atoms with Gasteiger partial charge < -0.3 is 23.9 Å². The molecule has 0 radical (unpaired) electrons. The fraction of sp³-hybridized carbons (Fsp3) is 0.250. The summed E-state index contributed by atoms with van der Waals surface area (Å²) in [7, 11) is 3.11. The fourth-order valence-corrected chi connectivity index (χ4v) is 4.83. The van der Waals surface area contributed by atoms with Crippen LogP contribution in [0.1, 0.15) is 5.56 Å². The number of phenolic OH excluding ortho intramolecular Hbond substituents is 1. The van der Waals surface area contributed by atoms with Gasteiger partial charge in [-0.05, 0) is 54.1 Å². The molecule has 1 aliphatic rings. The molecule has 0 atom stereocenters. The summed E-state index contributed by atoms with van der Waals surface area (Å²) >= 11 is 6.15. The average molecular weight is 507 g/mol. The molecular weight excluding hydrogens is 480 g/mol. The van der Waals surface area contributed by atoms with Crippen molar-refractivity contribution in [1.82, 2.24) is 4.90 Å². The molecule has 5 rings (SSSR count). The lowest BCUT2D eigenvalue weighted by atomic mass is 10.0. The van der Waals surface area contributed by atoms with Crippen molar-refractivity contribution in [2.45, 2.75) is 6.54 Å². The summed E-state index contributed by atoms with van der Waals surface area (Å²) in [5.41, 5.74) is 2.71. The first kappa shape index (κ1) is 24.0. The molecule has 1 aromatic heterocycles. The maximum absolute atomic E-state index is 13.0. The van der Waals surface area contributed by atoms with Crippen molar-refractivity contribution in [1.29, 1.82) is 0 Å². The van der Waals surface area contributed by atoms with Crippen LogP contribution in [0.2, 0.25) is 5.02 Å². The summed E-state index contributed by atoms with van der Waals surface area (Å²) < 4.78 is 16.5. The Labute approximate surface area is 214 Å². The highest BCUT2D eigenvalue weighted by Gasteiger charge is 2.21. The molecule has 0 saturated carbocycles. The van der Waals surface area contributed by atoms with Crippen molar-refractivity contribution in [3.05, 3.63) is 81.7 Å². The van der Waals surface area contributed by atoms with E-state index in [0.717, 1.165) is 42.3 Å². The Bertz CT molecular complexity index is 1460. The molecule has 8 heteroatoms. The van der Waals surface area contributed by atoms with Crippen LogP contribution < -0.4 is 20.0 Å². The van der Waals surface area contributed by atoms with Gasteiger partial charge in [0, 0.05) is 48.8 Å². The first-order chi connectivity index (χ1) is 17.5. The van der Waals surface area contributed by atoms with Crippen LogP contribution in [-0.2, 0) is 6.54 Å². The summed E-state index contributed by atoms with van der Waals surface area (Å²) in [5.74, 6) is 1.22. The molecule has 1 aliphatic heterocycles. The van der Waals surface area contributed by atoms with Gasteiger partial charge in [-0.15, -0.1) is 0 Å². The van der Waals surface area contributed by atoms with Gasteiger partial charge in [0.15, 0.2) is 11.5 Å². The molecule has 7 nitrogen and oxygen atoms in total. The predicted octanol–water partition coefficient (Wildman–Crippen LogP) is 5.16. The number of methoxy groups -OCH3 is 2. The molecule has 4 aromatic rings. The molecule has 3 aromatic carbocycles. The van der Waals surface area contributed by atoms with Crippen LogP contribution in [0.5, 0.6) is 17.2 Å². The van der Waals surface area contributed by atoms with Gasteiger partial charge in [-0.3, -0.25) is 4.90 Å². The minimum atomic E-state index is -0.479. The predicted molar refractivity (Wildman–Crippen MR) is 142 cm³/mol. The highest BCUT2D eigenvalue weighted by atomic mass is 35.5. The largest absolute Gasteiger partial charge is 0.507 e. The summed E-state index contributed by atoms with van der Waals surface area (Å²) in [6.07, 6.45) is 0. The third-order valence-corrected chi connectivity index (χ3v) is 6.84. The van der Waals surface area contributed by atoms with Crippen LogP contribution in [0.3, 0.4) is 0 Å². The molecule has 1 saturated heterocycles. The third-order valence-electron chi connectivity index (χ3n) is 6.60. The van der Waals surface area contributed by atoms with E-state index in [1.54, 1.807) is 50.6 Å². The molecule has 186 valence electrons. The lowest BCUT2D eigenvalue weighted by molar-refractivity contribution is 0.246. The summed E-state index contributed by atoms with van der Waals surface area (Å²) in [4.78, 5) is 17.6. The van der Waals surface area contributed by atoms with E-state index in [1.165, 1.54) is 0 Å². The Morgan fingerprint density at radius 2 is 1.72 bits per heavy atom. The Morgan fingerprint density at radius 3 is 2.44 bits per heavy atom. The van der Waals surface area contributed by atoms with Crippen LogP contribution >= 0.6 is 11.6 Å². The zero-order valence-corrected chi connectivity index (χ0v) is 20.9. The van der Waals surface area contributed by atoms with Crippen LogP contribution in [0.4, 0.5) is 5.69 Å². The molecule has 0 spiro atoms. The quantitative estimate of drug-likeness (QED) is 0.362. The van der Waals surface area contributed by atoms with Gasteiger partial charge in [0.2, 0.25) is 0 Å². The molecule has 0 unspecified atom stereocenters. The van der Waals surface area contributed by atoms with Gasteiger partial charge in [0.05, 0.1) is 25.3 Å². The number of aromatic hydroxyl groups is 1. The van der Waals surface area contributed by atoms with Gasteiger partial charge in [0.1, 0.15) is 11.3 Å². The normalized spacial score (nSPS) is 14.2. The number of hydrogen-bond donors (Lipinski definition) is 1. The van der Waals surface area contributed by atoms with Crippen molar-refractivity contribution in [2.24, 2.45) is 0 Å². The van der Waals surface area contributed by atoms with E-state index < -0.39 is 5.63 Å². The Balaban J connectivity index is 1.41. The number of piperazine rings is 1. The minimum absolute atomic E-state index is 0.113. The van der Waals surface area contributed by atoms with Gasteiger partial charge in [-0.1, -0.05) is 23.7 Å². The maximum Gasteiger partial charge on any atom is 0.344 e. The molecule has 2 heterocycles. The Morgan fingerprint density at radius 1 is 0.944 bits per heavy atom. The summed E-state index contributed by atoms with van der Waals surface area (Å²) in [5, 5.41) is 12.1. The second-order valence-corrected chi connectivity index (χ2v) is 9.18. The number of rotatable bonds is 6. The second-order valence-electron chi connectivity index (χ2n) is 8.74. The highest BCUT2D eigenvalue weighted by Crippen LogP contribution is 2.34. The van der Waals surface area contributed by atoms with E-state index in [2.05, 4.69) is 15.9 Å². The minimum Gasteiger partial charge on any atom is -0.507 e. The van der Waals surface area contributed by atoms with Crippen LogP contribution in [0.15, 0.2) is 69.9 Å². The Kier molecular flexibility index (Phi) is 6.76. The number of ether oxygens (including phenoxy) is 2. The maximum atomic E-state index is 13.0. The highest BCUT2D eigenvalue weighted by molar-refractivity contribution is 6.30. The first-order valence-electron chi connectivity index (χ1n) is 11.7. The van der Waals surface area contributed by atoms with Crippen molar-refractivity contribution in [3.8, 4) is 28.4 Å². The summed E-state index contributed by atoms with van der Waals surface area (Å²) in [6.45, 7) is 3.75. The molecular formula is C28H27ClN2O5. The number of anilines is 1. The van der Waals surface area contributed by atoms with E-state index in [1.807, 2.05) is 18.2 Å². The number of benzene rings is 3. The zero-order valence-electron chi connectivity index (χ0n) is 20.2. The summed E-state index contributed by atoms with van der Waals surface area (Å²) in [6, 6.07) is 18.4. The first-order valence-corrected chi connectivity index (χ1v) is 12.1. The van der Waals surface area contributed by atoms with Crippen molar-refractivity contribution in [3.63, 3.8) is 0 Å². The number of hydrogen-bond acceptors (Lipinski definition) is 7. The lowest BCUT2D eigenvalue weighted by Gasteiger charge is -2.36. The number of nitrogens with zero attached hydrogens (tertiary/aromatic N) is 2. The van der Waals surface area contributed by atoms with Crippen LogP contribution in [0.25, 0.3) is 22.1 Å². The third kappa shape index (κ3) is 4.72. The van der Waals surface area contributed by atoms with E-state index in [-0.39, 0.29) is 5.75 Å². The van der Waals surface area contributed by atoms with Crippen molar-refractivity contribution < 1.29 is 19.0 Å². The SMILES string of the molecule is COc1ccc(-c2cc3ccc(O)c(CN4CCN(c5cccc(Cl)c5)CC4)c3oc2=O)cc1OC. The van der Waals surface area contributed by atoms with Gasteiger partial charge >= 0.3 is 5.63 Å². The molecule has 0 aliphatic carbocycles. The van der Waals surface area contributed by atoms with Gasteiger partial charge in [-0.2, -0.15) is 0 Å². The van der Waals surface area contributed by atoms with Crippen molar-refractivity contribution >= 4 is 28.3 Å². The number of phenols is 1. The monoisotopic (exact) mass is 506 g/mol. The van der Waals surface area contributed by atoms with E-state index in [0.29, 0.717) is 40.3 Å². The standard InChI is InChI=1S/C28H27ClN2O5/c1-34-25-9-7-18(15-26(25)35-2)22-14-19-6-8-24(32)23(27(19)36-28(22)33)17-30-10-12-31(13-11-30)21-5-3-4-20(29)16-21/h3-9,14-16,32H,10-13,17H2,1-2H3. The average Bonchev–Trinajstić information content (AvgIpc) is 2.90. The van der Waals surface area contributed by atoms with Crippen LogP contribution in [0, 0.1) is 0 Å². The number of halogens is 1. The van der Waals surface area contributed by atoms with E-state index in [4.69, 9.17) is 25.5 Å². The van der Waals surface area contributed by atoms with Gasteiger partial charge in [0.25, 0.3) is 0 Å². The smallest absolute Gasteiger partial charge is 0.344 e. The lowest BCUT2D eigenvalue weighted by Crippen LogP contribution is -2.46. The number of fused-ring (bicyclic) bond motifs is 1. The van der Waals surface area contributed by atoms with Gasteiger partial charge in [-0.25, -0.2) is 4.79 Å². The van der Waals surface area contributed by atoms with Crippen molar-refractivity contribution in [2.75, 3.05) is 45.3 Å². The fourth-order valence-electron chi connectivity index (χ4n) is 4.65. The van der Waals surface area contributed by atoms with E-state index in [9.17, 15) is 9.90 Å². The molecule has 0 amide bonds. The molecule has 0 bridgehead atoms. The molecule has 1 N–H and O–H groups in total. The van der Waals surface area contributed by atoms with E-state index >= 15 is 0 Å².